The van der Waals surface area contributed by atoms with Gasteiger partial charge in [-0.25, -0.2) is 0 Å². The van der Waals surface area contributed by atoms with Crippen molar-refractivity contribution < 1.29 is 9.47 Å². The molecule has 2 radical (unpaired) electrons. The largest absolute Gasteiger partial charge is 0.349 e. The molecule has 0 saturated carbocycles. The standard InChI is InChI=1S/C14H21BO2/c1-13(2,3)10-7-11(9-12(15)8-10)14(4,16-5)17-6/h7-9H,1-6H3. The van der Waals surface area contributed by atoms with Crippen LogP contribution in [0.15, 0.2) is 18.2 Å². The van der Waals surface area contributed by atoms with E-state index < -0.39 is 5.79 Å². The second kappa shape index (κ2) is 4.83. The van der Waals surface area contributed by atoms with Gasteiger partial charge in [-0.1, -0.05) is 38.4 Å². The van der Waals surface area contributed by atoms with Crippen molar-refractivity contribution in [3.8, 4) is 0 Å². The minimum atomic E-state index is -0.755. The SMILES string of the molecule is [B]c1cc(C(C)(C)C)cc(C(C)(OC)OC)c1. The molecule has 0 N–H and O–H groups in total. The van der Waals surface area contributed by atoms with Gasteiger partial charge in [-0.2, -0.15) is 0 Å². The van der Waals surface area contributed by atoms with Crippen LogP contribution in [0.2, 0.25) is 0 Å². The van der Waals surface area contributed by atoms with Crippen molar-refractivity contribution in [1.29, 1.82) is 0 Å². The first kappa shape index (κ1) is 14.3. The minimum Gasteiger partial charge on any atom is -0.349 e. The van der Waals surface area contributed by atoms with Crippen molar-refractivity contribution >= 4 is 13.3 Å². The molecule has 0 fully saturated rings. The second-order valence-corrected chi connectivity index (χ2v) is 5.45. The second-order valence-electron chi connectivity index (χ2n) is 5.45. The van der Waals surface area contributed by atoms with E-state index in [1.165, 1.54) is 5.56 Å². The van der Waals surface area contributed by atoms with Crippen molar-refractivity contribution in [2.45, 2.75) is 38.9 Å². The zero-order valence-corrected chi connectivity index (χ0v) is 11.6. The fourth-order valence-electron chi connectivity index (χ4n) is 1.67. The summed E-state index contributed by atoms with van der Waals surface area (Å²) in [6.07, 6.45) is 0. The topological polar surface area (TPSA) is 18.5 Å². The Balaban J connectivity index is 3.32. The Morgan fingerprint density at radius 1 is 0.882 bits per heavy atom. The molecule has 92 valence electrons. The molecule has 0 saturated heterocycles. The van der Waals surface area contributed by atoms with Crippen LogP contribution in [0.3, 0.4) is 0 Å². The summed E-state index contributed by atoms with van der Waals surface area (Å²) in [5.74, 6) is -0.755. The number of hydrogen-bond donors (Lipinski definition) is 0. The maximum absolute atomic E-state index is 5.95. The summed E-state index contributed by atoms with van der Waals surface area (Å²) in [6, 6.07) is 5.97. The molecule has 0 aliphatic heterocycles. The summed E-state index contributed by atoms with van der Waals surface area (Å²) in [4.78, 5) is 0. The molecular weight excluding hydrogens is 211 g/mol. The lowest BCUT2D eigenvalue weighted by atomic mass is 9.81. The van der Waals surface area contributed by atoms with E-state index in [-0.39, 0.29) is 5.41 Å². The molecule has 0 amide bonds. The van der Waals surface area contributed by atoms with Gasteiger partial charge < -0.3 is 9.47 Å². The highest BCUT2D eigenvalue weighted by molar-refractivity contribution is 6.32. The van der Waals surface area contributed by atoms with Crippen molar-refractivity contribution in [2.24, 2.45) is 0 Å². The zero-order chi connectivity index (χ0) is 13.3. The number of ether oxygens (including phenoxy) is 2. The van der Waals surface area contributed by atoms with Gasteiger partial charge in [0, 0.05) is 19.8 Å². The van der Waals surface area contributed by atoms with Crippen LogP contribution in [-0.4, -0.2) is 22.1 Å². The van der Waals surface area contributed by atoms with Crippen molar-refractivity contribution in [1.82, 2.24) is 0 Å². The Kier molecular flexibility index (Phi) is 4.05. The smallest absolute Gasteiger partial charge is 0.191 e. The van der Waals surface area contributed by atoms with Crippen LogP contribution in [0.25, 0.3) is 0 Å². The average molecular weight is 232 g/mol. The lowest BCUT2D eigenvalue weighted by Gasteiger charge is -2.29. The van der Waals surface area contributed by atoms with Crippen LogP contribution in [0.1, 0.15) is 38.8 Å². The number of benzene rings is 1. The van der Waals surface area contributed by atoms with Gasteiger partial charge in [-0.05, 0) is 24.0 Å². The van der Waals surface area contributed by atoms with Crippen LogP contribution < -0.4 is 5.46 Å². The quantitative estimate of drug-likeness (QED) is 0.587. The zero-order valence-electron chi connectivity index (χ0n) is 11.6. The molecule has 0 aromatic heterocycles. The lowest BCUT2D eigenvalue weighted by Crippen LogP contribution is -2.29. The van der Waals surface area contributed by atoms with E-state index in [9.17, 15) is 0 Å². The average Bonchev–Trinajstić information content (AvgIpc) is 2.26. The van der Waals surface area contributed by atoms with Crippen LogP contribution in [-0.2, 0) is 20.7 Å². The van der Waals surface area contributed by atoms with Gasteiger partial charge in [-0.15, -0.1) is 0 Å². The predicted octanol–water partition coefficient (Wildman–Crippen LogP) is 2.24. The van der Waals surface area contributed by atoms with Gasteiger partial charge in [-0.3, -0.25) is 0 Å². The molecule has 0 bridgehead atoms. The highest BCUT2D eigenvalue weighted by Gasteiger charge is 2.27. The van der Waals surface area contributed by atoms with Gasteiger partial charge in [0.05, 0.1) is 0 Å². The van der Waals surface area contributed by atoms with Crippen molar-refractivity contribution in [3.05, 3.63) is 29.3 Å². The van der Waals surface area contributed by atoms with E-state index in [2.05, 4.69) is 26.8 Å². The van der Waals surface area contributed by atoms with E-state index in [4.69, 9.17) is 17.3 Å². The first-order chi connectivity index (χ1) is 7.73. The fraction of sp³-hybridized carbons (Fsp3) is 0.571. The molecule has 1 aromatic rings. The molecule has 0 heterocycles. The molecule has 1 rings (SSSR count). The normalized spacial score (nSPS) is 12.8. The van der Waals surface area contributed by atoms with Crippen LogP contribution >= 0.6 is 0 Å². The molecule has 1 aromatic carbocycles. The van der Waals surface area contributed by atoms with E-state index in [1.807, 2.05) is 19.1 Å². The summed E-state index contributed by atoms with van der Waals surface area (Å²) in [5.41, 5.74) is 2.89. The fourth-order valence-corrected chi connectivity index (χ4v) is 1.67. The highest BCUT2D eigenvalue weighted by Crippen LogP contribution is 2.29. The summed E-state index contributed by atoms with van der Waals surface area (Å²) in [6.45, 7) is 8.35. The monoisotopic (exact) mass is 232 g/mol. The molecule has 3 heteroatoms. The predicted molar refractivity (Wildman–Crippen MR) is 71.9 cm³/mol. The lowest BCUT2D eigenvalue weighted by molar-refractivity contribution is -0.201. The van der Waals surface area contributed by atoms with E-state index in [0.29, 0.717) is 0 Å². The van der Waals surface area contributed by atoms with Crippen LogP contribution in [0.4, 0.5) is 0 Å². The Morgan fingerprint density at radius 3 is 1.76 bits per heavy atom. The van der Waals surface area contributed by atoms with Crippen LogP contribution in [0, 0.1) is 0 Å². The highest BCUT2D eigenvalue weighted by atomic mass is 16.7. The van der Waals surface area contributed by atoms with E-state index >= 15 is 0 Å². The summed E-state index contributed by atoms with van der Waals surface area (Å²) < 4.78 is 10.8. The first-order valence-corrected chi connectivity index (χ1v) is 5.75. The van der Waals surface area contributed by atoms with Gasteiger partial charge in [0.1, 0.15) is 7.85 Å². The van der Waals surface area contributed by atoms with Gasteiger partial charge in [0.15, 0.2) is 5.79 Å². The number of rotatable bonds is 3. The molecule has 0 spiro atoms. The Bertz CT molecular complexity index is 390. The Labute approximate surface area is 106 Å². The van der Waals surface area contributed by atoms with E-state index in [0.717, 1.165) is 11.0 Å². The maximum atomic E-state index is 5.95. The van der Waals surface area contributed by atoms with Gasteiger partial charge in [0.25, 0.3) is 0 Å². The molecular formula is C14H21BO2. The van der Waals surface area contributed by atoms with Crippen LogP contribution in [0.5, 0.6) is 0 Å². The third-order valence-electron chi connectivity index (χ3n) is 3.12. The Hall–Kier alpha value is -0.795. The van der Waals surface area contributed by atoms with Crippen molar-refractivity contribution in [3.63, 3.8) is 0 Å². The summed E-state index contributed by atoms with van der Waals surface area (Å²) >= 11 is 0. The molecule has 2 nitrogen and oxygen atoms in total. The van der Waals surface area contributed by atoms with Gasteiger partial charge in [0.2, 0.25) is 0 Å². The van der Waals surface area contributed by atoms with Gasteiger partial charge >= 0.3 is 0 Å². The summed E-state index contributed by atoms with van der Waals surface area (Å²) in [7, 11) is 9.21. The minimum absolute atomic E-state index is 0.0481. The Morgan fingerprint density at radius 2 is 1.35 bits per heavy atom. The third kappa shape index (κ3) is 3.11. The summed E-state index contributed by atoms with van der Waals surface area (Å²) in [5, 5.41) is 0. The van der Waals surface area contributed by atoms with E-state index in [1.54, 1.807) is 14.2 Å². The molecule has 0 unspecified atom stereocenters. The number of methoxy groups -OCH3 is 2. The first-order valence-electron chi connectivity index (χ1n) is 5.75. The van der Waals surface area contributed by atoms with Crippen molar-refractivity contribution in [2.75, 3.05) is 14.2 Å². The molecule has 0 aliphatic rings. The third-order valence-corrected chi connectivity index (χ3v) is 3.12. The molecule has 17 heavy (non-hydrogen) atoms. The number of hydrogen-bond acceptors (Lipinski definition) is 2. The molecule has 0 aliphatic carbocycles. The maximum Gasteiger partial charge on any atom is 0.191 e. The molecule has 0 atom stereocenters.